The predicted octanol–water partition coefficient (Wildman–Crippen LogP) is 4.93. The zero-order valence-electron chi connectivity index (χ0n) is 10.4. The molecule has 0 amide bonds. The highest BCUT2D eigenvalue weighted by atomic mass is 79.9. The number of hydrogen-bond acceptors (Lipinski definition) is 2. The van der Waals surface area contributed by atoms with Crippen molar-refractivity contribution < 1.29 is 9.13 Å². The highest BCUT2D eigenvalue weighted by molar-refractivity contribution is 9.10. The Morgan fingerprint density at radius 2 is 2.00 bits per heavy atom. The fourth-order valence-electron chi connectivity index (χ4n) is 1.68. The standard InChI is InChI=1S/C15H10Br2FNO/c16-7-12-6-13(4-5-14(12)17)20-9-11-3-1-2-10(8-19)15(11)18/h1-6H,7,9H2. The molecule has 0 aromatic heterocycles. The molecule has 0 aliphatic carbocycles. The third kappa shape index (κ3) is 3.38. The molecule has 102 valence electrons. The molecule has 0 atom stereocenters. The van der Waals surface area contributed by atoms with Gasteiger partial charge in [-0.1, -0.05) is 44.0 Å². The number of ether oxygens (including phenoxy) is 1. The van der Waals surface area contributed by atoms with Gasteiger partial charge in [-0.3, -0.25) is 0 Å². The van der Waals surface area contributed by atoms with Crippen molar-refractivity contribution in [2.75, 3.05) is 0 Å². The van der Waals surface area contributed by atoms with Crippen LogP contribution in [0.25, 0.3) is 0 Å². The van der Waals surface area contributed by atoms with Crippen molar-refractivity contribution in [3.05, 3.63) is 63.4 Å². The van der Waals surface area contributed by atoms with E-state index in [0.29, 0.717) is 16.6 Å². The molecule has 5 heteroatoms. The first-order valence-electron chi connectivity index (χ1n) is 5.80. The summed E-state index contributed by atoms with van der Waals surface area (Å²) in [5.74, 6) is 0.136. The molecule has 0 heterocycles. The summed E-state index contributed by atoms with van der Waals surface area (Å²) in [4.78, 5) is 0. The molecule has 0 spiro atoms. The molecular weight excluding hydrogens is 389 g/mol. The Labute approximate surface area is 133 Å². The number of alkyl halides is 1. The average molecular weight is 399 g/mol. The second kappa shape index (κ2) is 6.87. The largest absolute Gasteiger partial charge is 0.489 e. The maximum Gasteiger partial charge on any atom is 0.147 e. The molecule has 0 saturated heterocycles. The monoisotopic (exact) mass is 397 g/mol. The Balaban J connectivity index is 2.15. The second-order valence-corrected chi connectivity index (χ2v) is 5.48. The molecular formula is C15H10Br2FNO. The maximum atomic E-state index is 13.9. The number of hydrogen-bond donors (Lipinski definition) is 0. The summed E-state index contributed by atoms with van der Waals surface area (Å²) in [6.07, 6.45) is 0. The van der Waals surface area contributed by atoms with E-state index in [9.17, 15) is 4.39 Å². The molecule has 2 rings (SSSR count). The fraction of sp³-hybridized carbons (Fsp3) is 0.133. The van der Waals surface area contributed by atoms with Crippen molar-refractivity contribution in [2.24, 2.45) is 0 Å². The first-order chi connectivity index (χ1) is 9.65. The fourth-order valence-corrected chi connectivity index (χ4v) is 2.91. The van der Waals surface area contributed by atoms with Crippen LogP contribution in [0.4, 0.5) is 4.39 Å². The summed E-state index contributed by atoms with van der Waals surface area (Å²) < 4.78 is 20.4. The molecule has 2 aromatic rings. The lowest BCUT2D eigenvalue weighted by Gasteiger charge is -2.09. The highest BCUT2D eigenvalue weighted by Gasteiger charge is 2.08. The van der Waals surface area contributed by atoms with Crippen molar-refractivity contribution in [2.45, 2.75) is 11.9 Å². The van der Waals surface area contributed by atoms with E-state index in [4.69, 9.17) is 10.00 Å². The molecule has 0 radical (unpaired) electrons. The highest BCUT2D eigenvalue weighted by Crippen LogP contribution is 2.25. The van der Waals surface area contributed by atoms with E-state index in [0.717, 1.165) is 10.0 Å². The van der Waals surface area contributed by atoms with Gasteiger partial charge in [0.25, 0.3) is 0 Å². The molecule has 0 saturated carbocycles. The molecule has 0 N–H and O–H groups in total. The first-order valence-corrected chi connectivity index (χ1v) is 7.72. The first kappa shape index (κ1) is 15.0. The summed E-state index contributed by atoms with van der Waals surface area (Å²) in [7, 11) is 0. The van der Waals surface area contributed by atoms with Gasteiger partial charge in [0.15, 0.2) is 0 Å². The summed E-state index contributed by atoms with van der Waals surface area (Å²) >= 11 is 6.82. The lowest BCUT2D eigenvalue weighted by atomic mass is 10.1. The van der Waals surface area contributed by atoms with Crippen LogP contribution in [-0.2, 0) is 11.9 Å². The second-order valence-electron chi connectivity index (χ2n) is 4.07. The van der Waals surface area contributed by atoms with Crippen LogP contribution in [0.3, 0.4) is 0 Å². The smallest absolute Gasteiger partial charge is 0.147 e. The third-order valence-corrected chi connectivity index (χ3v) is 4.13. The van der Waals surface area contributed by atoms with Gasteiger partial charge in [-0.15, -0.1) is 0 Å². The normalized spacial score (nSPS) is 10.1. The van der Waals surface area contributed by atoms with Gasteiger partial charge in [-0.25, -0.2) is 4.39 Å². The van der Waals surface area contributed by atoms with E-state index in [1.54, 1.807) is 12.1 Å². The van der Waals surface area contributed by atoms with Gasteiger partial charge >= 0.3 is 0 Å². The number of nitriles is 1. The van der Waals surface area contributed by atoms with E-state index in [1.807, 2.05) is 24.3 Å². The van der Waals surface area contributed by atoms with E-state index < -0.39 is 5.82 Å². The maximum absolute atomic E-state index is 13.9. The van der Waals surface area contributed by atoms with Crippen LogP contribution in [0.1, 0.15) is 16.7 Å². The summed E-state index contributed by atoms with van der Waals surface area (Å²) in [6, 6.07) is 12.1. The third-order valence-electron chi connectivity index (χ3n) is 2.75. The zero-order chi connectivity index (χ0) is 14.5. The number of nitrogens with zero attached hydrogens (tertiary/aromatic N) is 1. The average Bonchev–Trinajstić information content (AvgIpc) is 2.47. The Morgan fingerprint density at radius 3 is 2.70 bits per heavy atom. The minimum atomic E-state index is -0.521. The van der Waals surface area contributed by atoms with Gasteiger partial charge in [-0.2, -0.15) is 5.26 Å². The number of benzene rings is 2. The van der Waals surface area contributed by atoms with Crippen LogP contribution in [0.15, 0.2) is 40.9 Å². The number of rotatable bonds is 4. The van der Waals surface area contributed by atoms with Crippen LogP contribution >= 0.6 is 31.9 Å². The molecule has 0 aliphatic rings. The number of halogens is 3. The van der Waals surface area contributed by atoms with Gasteiger partial charge in [0.2, 0.25) is 0 Å². The van der Waals surface area contributed by atoms with E-state index in [-0.39, 0.29) is 12.2 Å². The summed E-state index contributed by atoms with van der Waals surface area (Å²) in [6.45, 7) is 0.0880. The molecule has 2 aromatic carbocycles. The van der Waals surface area contributed by atoms with E-state index in [1.165, 1.54) is 6.07 Å². The Kier molecular flexibility index (Phi) is 5.16. The minimum absolute atomic E-state index is 0.0306. The quantitative estimate of drug-likeness (QED) is 0.683. The Morgan fingerprint density at radius 1 is 1.20 bits per heavy atom. The predicted molar refractivity (Wildman–Crippen MR) is 82.2 cm³/mol. The topological polar surface area (TPSA) is 33.0 Å². The summed E-state index contributed by atoms with van der Waals surface area (Å²) in [5.41, 5.74) is 1.45. The summed E-state index contributed by atoms with van der Waals surface area (Å²) in [5, 5.41) is 9.48. The van der Waals surface area contributed by atoms with Gasteiger partial charge in [0, 0.05) is 15.4 Å². The molecule has 0 aliphatic heterocycles. The minimum Gasteiger partial charge on any atom is -0.489 e. The van der Waals surface area contributed by atoms with Crippen LogP contribution < -0.4 is 4.74 Å². The van der Waals surface area contributed by atoms with Crippen LogP contribution in [0.2, 0.25) is 0 Å². The molecule has 0 unspecified atom stereocenters. The Bertz CT molecular complexity index is 667. The molecule has 20 heavy (non-hydrogen) atoms. The van der Waals surface area contributed by atoms with Crippen molar-refractivity contribution in [3.8, 4) is 11.8 Å². The van der Waals surface area contributed by atoms with Crippen molar-refractivity contribution in [1.82, 2.24) is 0 Å². The zero-order valence-corrected chi connectivity index (χ0v) is 13.5. The molecule has 0 fully saturated rings. The lowest BCUT2D eigenvalue weighted by Crippen LogP contribution is -2.00. The van der Waals surface area contributed by atoms with Crippen molar-refractivity contribution in [1.29, 1.82) is 5.26 Å². The van der Waals surface area contributed by atoms with Crippen molar-refractivity contribution in [3.63, 3.8) is 0 Å². The van der Waals surface area contributed by atoms with Gasteiger partial charge < -0.3 is 4.74 Å². The van der Waals surface area contributed by atoms with Crippen molar-refractivity contribution >= 4 is 31.9 Å². The SMILES string of the molecule is N#Cc1cccc(COc2ccc(Br)c(CBr)c2)c1F. The lowest BCUT2D eigenvalue weighted by molar-refractivity contribution is 0.299. The van der Waals surface area contributed by atoms with Crippen LogP contribution in [-0.4, -0.2) is 0 Å². The Hall–Kier alpha value is -1.38. The van der Waals surface area contributed by atoms with E-state index in [2.05, 4.69) is 31.9 Å². The van der Waals surface area contributed by atoms with Gasteiger partial charge in [-0.05, 0) is 29.8 Å². The molecule has 0 bridgehead atoms. The van der Waals surface area contributed by atoms with Gasteiger partial charge in [0.1, 0.15) is 24.2 Å². The molecule has 2 nitrogen and oxygen atoms in total. The van der Waals surface area contributed by atoms with Crippen LogP contribution in [0, 0.1) is 17.1 Å². The van der Waals surface area contributed by atoms with E-state index >= 15 is 0 Å². The van der Waals surface area contributed by atoms with Gasteiger partial charge in [0.05, 0.1) is 5.56 Å². The van der Waals surface area contributed by atoms with Crippen LogP contribution in [0.5, 0.6) is 5.75 Å².